The molecule has 2 N–H and O–H groups in total. The molecule has 154 valence electrons. The SMILES string of the molecule is CCOc1ccc(NC(=O)c2ccccc2NC(=O)CN2CCC[C@H](C)C2)cc1. The highest BCUT2D eigenvalue weighted by Gasteiger charge is 2.20. The Kier molecular flexibility index (Phi) is 7.25. The van der Waals surface area contributed by atoms with E-state index < -0.39 is 0 Å². The maximum absolute atomic E-state index is 12.8. The molecule has 0 aliphatic carbocycles. The van der Waals surface area contributed by atoms with Crippen LogP contribution in [0.3, 0.4) is 0 Å². The Morgan fingerprint density at radius 2 is 1.86 bits per heavy atom. The third kappa shape index (κ3) is 6.06. The molecule has 1 fully saturated rings. The Bertz CT molecular complexity index is 836. The van der Waals surface area contributed by atoms with Gasteiger partial charge in [-0.05, 0) is 68.6 Å². The van der Waals surface area contributed by atoms with E-state index in [1.165, 1.54) is 6.42 Å². The zero-order valence-electron chi connectivity index (χ0n) is 17.1. The average molecular weight is 396 g/mol. The molecule has 6 heteroatoms. The van der Waals surface area contributed by atoms with Crippen molar-refractivity contribution in [3.05, 3.63) is 54.1 Å². The summed E-state index contributed by atoms with van der Waals surface area (Å²) in [7, 11) is 0. The van der Waals surface area contributed by atoms with Crippen molar-refractivity contribution >= 4 is 23.2 Å². The van der Waals surface area contributed by atoms with Crippen LogP contribution in [0.15, 0.2) is 48.5 Å². The van der Waals surface area contributed by atoms with E-state index in [4.69, 9.17) is 4.74 Å². The van der Waals surface area contributed by atoms with Gasteiger partial charge in [0.2, 0.25) is 5.91 Å². The summed E-state index contributed by atoms with van der Waals surface area (Å²) in [5.41, 5.74) is 1.62. The maximum atomic E-state index is 12.8. The summed E-state index contributed by atoms with van der Waals surface area (Å²) in [6, 6.07) is 14.3. The minimum absolute atomic E-state index is 0.0968. The van der Waals surface area contributed by atoms with Crippen LogP contribution >= 0.6 is 0 Å². The monoisotopic (exact) mass is 395 g/mol. The molecule has 6 nitrogen and oxygen atoms in total. The van der Waals surface area contributed by atoms with Gasteiger partial charge in [-0.15, -0.1) is 0 Å². The zero-order valence-corrected chi connectivity index (χ0v) is 17.1. The Balaban J connectivity index is 1.63. The van der Waals surface area contributed by atoms with Gasteiger partial charge in [0, 0.05) is 12.2 Å². The highest BCUT2D eigenvalue weighted by molar-refractivity contribution is 6.10. The lowest BCUT2D eigenvalue weighted by molar-refractivity contribution is -0.117. The van der Waals surface area contributed by atoms with Crippen LogP contribution in [0.1, 0.15) is 37.0 Å². The number of para-hydroxylation sites is 1. The van der Waals surface area contributed by atoms with Crippen molar-refractivity contribution in [1.29, 1.82) is 0 Å². The highest BCUT2D eigenvalue weighted by Crippen LogP contribution is 2.20. The smallest absolute Gasteiger partial charge is 0.257 e. The van der Waals surface area contributed by atoms with Crippen LogP contribution in [0.5, 0.6) is 5.75 Å². The number of nitrogens with zero attached hydrogens (tertiary/aromatic N) is 1. The summed E-state index contributed by atoms with van der Waals surface area (Å²) < 4.78 is 5.42. The van der Waals surface area contributed by atoms with Crippen molar-refractivity contribution in [3.8, 4) is 5.75 Å². The number of carbonyl (C=O) groups excluding carboxylic acids is 2. The van der Waals surface area contributed by atoms with Crippen LogP contribution < -0.4 is 15.4 Å². The first kappa shape index (κ1) is 20.9. The molecule has 3 rings (SSSR count). The molecule has 0 saturated carbocycles. The van der Waals surface area contributed by atoms with Gasteiger partial charge < -0.3 is 15.4 Å². The van der Waals surface area contributed by atoms with Gasteiger partial charge in [0.15, 0.2) is 0 Å². The van der Waals surface area contributed by atoms with Crippen LogP contribution in [-0.2, 0) is 4.79 Å². The lowest BCUT2D eigenvalue weighted by atomic mass is 10.0. The summed E-state index contributed by atoms with van der Waals surface area (Å²) >= 11 is 0. The molecule has 2 aromatic carbocycles. The van der Waals surface area contributed by atoms with Crippen molar-refractivity contribution in [2.75, 3.05) is 36.9 Å². The second-order valence-corrected chi connectivity index (χ2v) is 7.49. The molecule has 2 amide bonds. The number of amides is 2. The number of benzene rings is 2. The van der Waals surface area contributed by atoms with E-state index in [-0.39, 0.29) is 11.8 Å². The van der Waals surface area contributed by atoms with Crippen molar-refractivity contribution in [3.63, 3.8) is 0 Å². The Morgan fingerprint density at radius 3 is 2.59 bits per heavy atom. The number of nitrogens with one attached hydrogen (secondary N) is 2. The molecule has 1 heterocycles. The molecule has 1 aliphatic rings. The van der Waals surface area contributed by atoms with Crippen molar-refractivity contribution in [2.24, 2.45) is 5.92 Å². The number of likely N-dealkylation sites (tertiary alicyclic amines) is 1. The molecule has 0 spiro atoms. The maximum Gasteiger partial charge on any atom is 0.257 e. The number of ether oxygens (including phenoxy) is 1. The van der Waals surface area contributed by atoms with Gasteiger partial charge in [0.25, 0.3) is 5.91 Å². The van der Waals surface area contributed by atoms with E-state index in [1.54, 1.807) is 30.3 Å². The second kappa shape index (κ2) is 10.1. The second-order valence-electron chi connectivity index (χ2n) is 7.49. The standard InChI is InChI=1S/C23H29N3O3/c1-3-29-19-12-10-18(11-13-19)24-23(28)20-8-4-5-9-21(20)25-22(27)16-26-14-6-7-17(2)15-26/h4-5,8-13,17H,3,6-7,14-16H2,1-2H3,(H,24,28)(H,25,27)/t17-/m0/s1. The first-order valence-corrected chi connectivity index (χ1v) is 10.2. The highest BCUT2D eigenvalue weighted by atomic mass is 16.5. The minimum atomic E-state index is -0.267. The first-order chi connectivity index (χ1) is 14.0. The number of anilines is 2. The Hall–Kier alpha value is -2.86. The van der Waals surface area contributed by atoms with Crippen LogP contribution in [0, 0.1) is 5.92 Å². The third-order valence-corrected chi connectivity index (χ3v) is 4.98. The lowest BCUT2D eigenvalue weighted by Gasteiger charge is -2.30. The molecular formula is C23H29N3O3. The van der Waals surface area contributed by atoms with Gasteiger partial charge in [-0.25, -0.2) is 0 Å². The minimum Gasteiger partial charge on any atom is -0.494 e. The fourth-order valence-corrected chi connectivity index (χ4v) is 3.61. The van der Waals surface area contributed by atoms with Crippen molar-refractivity contribution < 1.29 is 14.3 Å². The van der Waals surface area contributed by atoms with E-state index in [0.717, 1.165) is 25.3 Å². The normalized spacial score (nSPS) is 16.8. The molecular weight excluding hydrogens is 366 g/mol. The van der Waals surface area contributed by atoms with E-state index in [9.17, 15) is 9.59 Å². The molecule has 2 aromatic rings. The number of hydrogen-bond donors (Lipinski definition) is 2. The average Bonchev–Trinajstić information content (AvgIpc) is 2.70. The van der Waals surface area contributed by atoms with Gasteiger partial charge in [0.1, 0.15) is 5.75 Å². The topological polar surface area (TPSA) is 70.7 Å². The van der Waals surface area contributed by atoms with Crippen molar-refractivity contribution in [2.45, 2.75) is 26.7 Å². The summed E-state index contributed by atoms with van der Waals surface area (Å²) in [4.78, 5) is 27.4. The summed E-state index contributed by atoms with van der Waals surface area (Å²) in [6.07, 6.45) is 2.34. The molecule has 1 saturated heterocycles. The summed E-state index contributed by atoms with van der Waals surface area (Å²) in [5, 5.41) is 5.78. The van der Waals surface area contributed by atoms with Gasteiger partial charge in [0.05, 0.1) is 24.4 Å². The number of hydrogen-bond acceptors (Lipinski definition) is 4. The van der Waals surface area contributed by atoms with Gasteiger partial charge in [-0.3, -0.25) is 14.5 Å². The quantitative estimate of drug-likeness (QED) is 0.743. The third-order valence-electron chi connectivity index (χ3n) is 4.98. The predicted octanol–water partition coefficient (Wildman–Crippen LogP) is 4.01. The number of rotatable bonds is 7. The Labute approximate surface area is 172 Å². The molecule has 1 aliphatic heterocycles. The van der Waals surface area contributed by atoms with Gasteiger partial charge in [-0.2, -0.15) is 0 Å². The molecule has 0 unspecified atom stereocenters. The van der Waals surface area contributed by atoms with Crippen molar-refractivity contribution in [1.82, 2.24) is 4.90 Å². The fraction of sp³-hybridized carbons (Fsp3) is 0.391. The number of carbonyl (C=O) groups is 2. The van der Waals surface area contributed by atoms with E-state index in [2.05, 4.69) is 22.5 Å². The molecule has 1 atom stereocenters. The fourth-order valence-electron chi connectivity index (χ4n) is 3.61. The van der Waals surface area contributed by atoms with Gasteiger partial charge >= 0.3 is 0 Å². The molecule has 0 aromatic heterocycles. The van der Waals surface area contributed by atoms with E-state index >= 15 is 0 Å². The summed E-state index contributed by atoms with van der Waals surface area (Å²) in [6.45, 7) is 6.95. The predicted molar refractivity (Wildman–Crippen MR) is 115 cm³/mol. The number of piperidine rings is 1. The zero-order chi connectivity index (χ0) is 20.6. The van der Waals surface area contributed by atoms with Crippen LogP contribution in [-0.4, -0.2) is 43.0 Å². The molecule has 0 bridgehead atoms. The summed E-state index contributed by atoms with van der Waals surface area (Å²) in [5.74, 6) is 1.01. The van der Waals surface area contributed by atoms with Crippen LogP contribution in [0.25, 0.3) is 0 Å². The largest absolute Gasteiger partial charge is 0.494 e. The molecule has 29 heavy (non-hydrogen) atoms. The van der Waals surface area contributed by atoms with Crippen LogP contribution in [0.4, 0.5) is 11.4 Å². The Morgan fingerprint density at radius 1 is 1.10 bits per heavy atom. The van der Waals surface area contributed by atoms with Gasteiger partial charge in [-0.1, -0.05) is 19.1 Å². The molecule has 0 radical (unpaired) electrons. The lowest BCUT2D eigenvalue weighted by Crippen LogP contribution is -2.39. The van der Waals surface area contributed by atoms with E-state index in [0.29, 0.717) is 36.0 Å². The van der Waals surface area contributed by atoms with Crippen LogP contribution in [0.2, 0.25) is 0 Å². The first-order valence-electron chi connectivity index (χ1n) is 10.2. The van der Waals surface area contributed by atoms with E-state index in [1.807, 2.05) is 25.1 Å².